The summed E-state index contributed by atoms with van der Waals surface area (Å²) in [5.41, 5.74) is -6.97. The quantitative estimate of drug-likeness (QED) is 0.0919. The molecule has 8 N–H and O–H groups in total. The summed E-state index contributed by atoms with van der Waals surface area (Å²) in [6.07, 6.45) is 8.61. The number of rotatable bonds is 7. The van der Waals surface area contributed by atoms with E-state index in [0.717, 1.165) is 12.0 Å². The van der Waals surface area contributed by atoms with Crippen LogP contribution in [0, 0.1) is 63.1 Å². The molecule has 66 heavy (non-hydrogen) atoms. The Hall–Kier alpha value is -1.98. The number of phenols is 1. The fourth-order valence-corrected chi connectivity index (χ4v) is 20.2. The van der Waals surface area contributed by atoms with Crippen molar-refractivity contribution >= 4 is 39.0 Å². The smallest absolute Gasteiger partial charge is 0.233 e. The van der Waals surface area contributed by atoms with Gasteiger partial charge in [0, 0.05) is 48.1 Å². The molecule has 11 aliphatic rings. The van der Waals surface area contributed by atoms with E-state index in [1.165, 1.54) is 21.6 Å². The third-order valence-corrected chi connectivity index (χ3v) is 23.4. The maximum Gasteiger partial charge on any atom is 0.233 e. The molecule has 8 bridgehead atoms. The molecule has 6 aliphatic carbocycles. The molecule has 0 radical (unpaired) electrons. The van der Waals surface area contributed by atoms with Crippen molar-refractivity contribution in [2.45, 2.75) is 164 Å². The number of aliphatic hydroxyl groups is 7. The van der Waals surface area contributed by atoms with Crippen molar-refractivity contribution in [2.75, 3.05) is 24.7 Å². The van der Waals surface area contributed by atoms with E-state index in [2.05, 4.69) is 32.9 Å². The maximum absolute atomic E-state index is 15.6. The zero-order valence-electron chi connectivity index (χ0n) is 39.1. The average molecular weight is 952 g/mol. The van der Waals surface area contributed by atoms with E-state index in [-0.39, 0.29) is 84.9 Å². The molecular weight excluding hydrogens is 879 g/mol. The van der Waals surface area contributed by atoms with Crippen LogP contribution in [0.3, 0.4) is 0 Å². The van der Waals surface area contributed by atoms with E-state index in [0.29, 0.717) is 87.9 Å². The van der Waals surface area contributed by atoms with Gasteiger partial charge in [0.25, 0.3) is 0 Å². The van der Waals surface area contributed by atoms with Gasteiger partial charge in [0.15, 0.2) is 5.78 Å². The number of allylic oxidation sites excluding steroid dienone is 2. The summed E-state index contributed by atoms with van der Waals surface area (Å²) in [7, 11) is 2.61. The van der Waals surface area contributed by atoms with Gasteiger partial charge >= 0.3 is 0 Å². The zero-order valence-corrected chi connectivity index (χ0v) is 40.7. The van der Waals surface area contributed by atoms with Crippen LogP contribution in [0.5, 0.6) is 5.75 Å². The van der Waals surface area contributed by atoms with E-state index in [4.69, 9.17) is 4.74 Å². The minimum absolute atomic E-state index is 0.0132. The minimum atomic E-state index is -1.59. The summed E-state index contributed by atoms with van der Waals surface area (Å²) >= 11 is 0. The molecule has 5 aliphatic heterocycles. The molecule has 1 aromatic carbocycles. The molecule has 12 nitrogen and oxygen atoms in total. The Bertz CT molecular complexity index is 2150. The van der Waals surface area contributed by atoms with Crippen LogP contribution >= 0.6 is 21.6 Å². The SMILES string of the molecule is CC(C)C(C)C1OC1C1(O)CC=CC2CC3C4=CC(=O)C5(CC(O)C(O)CC35C)C(O)SSC(CCCO)C3CCCC(CO)C35CCN(C5=O)c3cc(O)cc(c3)CCC23C1CCC43O. The Kier molecular flexibility index (Phi) is 12.2. The van der Waals surface area contributed by atoms with E-state index in [1.807, 2.05) is 13.0 Å². The summed E-state index contributed by atoms with van der Waals surface area (Å²) in [6, 6.07) is 5.33. The Morgan fingerprint density at radius 1 is 0.955 bits per heavy atom. The Balaban J connectivity index is 1.17. The highest BCUT2D eigenvalue weighted by Gasteiger charge is 2.78. The molecule has 18 unspecified atom stereocenters. The fraction of sp³-hybridized carbons (Fsp3) is 0.769. The molecule has 3 spiro atoms. The van der Waals surface area contributed by atoms with E-state index >= 15 is 9.59 Å². The van der Waals surface area contributed by atoms with Gasteiger partial charge in [-0.3, -0.25) is 9.59 Å². The van der Waals surface area contributed by atoms with Crippen molar-refractivity contribution in [3.63, 3.8) is 0 Å². The number of hydrogen-bond donors (Lipinski definition) is 8. The maximum atomic E-state index is 15.6. The summed E-state index contributed by atoms with van der Waals surface area (Å²) in [5.74, 6) is -1.75. The van der Waals surface area contributed by atoms with Gasteiger partial charge in [0.1, 0.15) is 22.9 Å². The lowest BCUT2D eigenvalue weighted by Gasteiger charge is -2.67. The number of fused-ring (bicyclic) bond motifs is 1. The lowest BCUT2D eigenvalue weighted by Crippen LogP contribution is -2.70. The van der Waals surface area contributed by atoms with Gasteiger partial charge in [0.2, 0.25) is 5.91 Å². The van der Waals surface area contributed by atoms with Gasteiger partial charge in [-0.05, 0) is 154 Å². The zero-order chi connectivity index (χ0) is 46.9. The molecule has 18 atom stereocenters. The lowest BCUT2D eigenvalue weighted by atomic mass is 9.39. The highest BCUT2D eigenvalue weighted by molar-refractivity contribution is 8.77. The minimum Gasteiger partial charge on any atom is -0.508 e. The number of epoxide rings is 1. The van der Waals surface area contributed by atoms with Crippen LogP contribution in [0.2, 0.25) is 0 Å². The first-order valence-corrected chi connectivity index (χ1v) is 27.4. The van der Waals surface area contributed by atoms with Crippen LogP contribution in [0.4, 0.5) is 5.69 Å². The number of nitrogens with zero attached hydrogens (tertiary/aromatic N) is 1. The summed E-state index contributed by atoms with van der Waals surface area (Å²) in [4.78, 5) is 32.7. The predicted octanol–water partition coefficient (Wildman–Crippen LogP) is 5.84. The first kappa shape index (κ1) is 47.7. The molecule has 2 saturated heterocycles. The molecular formula is C52H73NO11S2. The predicted molar refractivity (Wildman–Crippen MR) is 253 cm³/mol. The second kappa shape index (κ2) is 16.8. The summed E-state index contributed by atoms with van der Waals surface area (Å²) in [5, 5.41) is 95.9. The number of carbonyl (C=O) groups excluding carboxylic acids is 2. The lowest BCUT2D eigenvalue weighted by molar-refractivity contribution is -0.206. The fourth-order valence-electron chi connectivity index (χ4n) is 16.6. The number of benzene rings is 1. The summed E-state index contributed by atoms with van der Waals surface area (Å²) in [6.45, 7) is 8.60. The second-order valence-corrected chi connectivity index (χ2v) is 25.6. The Morgan fingerprint density at radius 3 is 2.47 bits per heavy atom. The van der Waals surface area contributed by atoms with Crippen molar-refractivity contribution in [1.29, 1.82) is 0 Å². The van der Waals surface area contributed by atoms with Gasteiger partial charge < -0.3 is 50.5 Å². The van der Waals surface area contributed by atoms with Crippen molar-refractivity contribution in [2.24, 2.45) is 63.1 Å². The number of anilines is 1. The number of phenolic OH excluding ortho intramolecular Hbond substituents is 1. The van der Waals surface area contributed by atoms with Crippen LogP contribution in [0.25, 0.3) is 0 Å². The Labute approximate surface area is 397 Å². The number of carbonyl (C=O) groups is 2. The number of ether oxygens (including phenoxy) is 1. The molecule has 4 saturated carbocycles. The number of aliphatic hydroxyl groups excluding tert-OH is 5. The Morgan fingerprint density at radius 2 is 1.73 bits per heavy atom. The number of hydrogen-bond acceptors (Lipinski definition) is 13. The molecule has 12 rings (SSSR count). The van der Waals surface area contributed by atoms with Crippen molar-refractivity contribution in [3.05, 3.63) is 47.6 Å². The molecule has 5 heterocycles. The van der Waals surface area contributed by atoms with Gasteiger partial charge in [-0.1, -0.05) is 67.9 Å². The monoisotopic (exact) mass is 951 g/mol. The average Bonchev–Trinajstić information content (AvgIpc) is 3.96. The number of aryl methyl sites for hydroxylation is 1. The molecule has 1 aromatic rings. The van der Waals surface area contributed by atoms with Crippen molar-refractivity contribution in [3.8, 4) is 5.75 Å². The molecule has 6 fully saturated rings. The van der Waals surface area contributed by atoms with E-state index in [9.17, 15) is 40.9 Å². The van der Waals surface area contributed by atoms with Crippen molar-refractivity contribution in [1.82, 2.24) is 0 Å². The third-order valence-electron chi connectivity index (χ3n) is 20.3. The molecule has 1 amide bonds. The summed E-state index contributed by atoms with van der Waals surface area (Å²) < 4.78 is 6.48. The third kappa shape index (κ3) is 6.53. The first-order valence-electron chi connectivity index (χ1n) is 25.1. The van der Waals surface area contributed by atoms with E-state index in [1.54, 1.807) is 23.1 Å². The molecule has 14 heteroatoms. The first-order chi connectivity index (χ1) is 31.4. The molecule has 0 aromatic heterocycles. The van der Waals surface area contributed by atoms with Gasteiger partial charge in [-0.2, -0.15) is 0 Å². The van der Waals surface area contributed by atoms with Gasteiger partial charge in [0.05, 0.1) is 34.7 Å². The normalized spacial score (nSPS) is 47.9. The highest BCUT2D eigenvalue weighted by Crippen LogP contribution is 2.76. The van der Waals surface area contributed by atoms with Crippen LogP contribution < -0.4 is 4.90 Å². The highest BCUT2D eigenvalue weighted by atomic mass is 33.1. The van der Waals surface area contributed by atoms with Crippen LogP contribution in [-0.2, 0) is 20.7 Å². The van der Waals surface area contributed by atoms with Crippen LogP contribution in [0.1, 0.15) is 117 Å². The number of aromatic hydroxyl groups is 1. The number of ketones is 1. The van der Waals surface area contributed by atoms with Gasteiger partial charge in [-0.25, -0.2) is 0 Å². The van der Waals surface area contributed by atoms with Gasteiger partial charge in [-0.15, -0.1) is 0 Å². The number of amides is 1. The largest absolute Gasteiger partial charge is 0.508 e. The van der Waals surface area contributed by atoms with E-state index < -0.39 is 68.4 Å². The van der Waals surface area contributed by atoms with Crippen molar-refractivity contribution < 1.29 is 55.2 Å². The standard InChI is InChI=1S/C52H73NO11S2/c1-28(2)29(3)43-44(64-43)51(62)14-6-9-31-22-36-37-24-42(59)50(26-39(58)38(57)25-47(36,50)4)46(61)66-65-40(11-7-19-54)35-10-5-8-32(27-55)48(35)17-18-53(45(48)60)33-20-30(21-34(56)23-33)12-15-49(31)41(51)13-16-52(37,49)63/h6,9,20-21,23-24,28-29,31-32,35-36,38-41,43-44,46,54-58,61-63H,5,7-8,10-19,22,25-27H2,1-4H3. The van der Waals surface area contributed by atoms with Crippen LogP contribution in [-0.4, -0.2) is 119 Å². The topological polar surface area (TPSA) is 212 Å². The molecule has 364 valence electrons. The second-order valence-electron chi connectivity index (χ2n) is 23.0. The van der Waals surface area contributed by atoms with Crippen LogP contribution in [0.15, 0.2) is 42.0 Å².